The SMILES string of the molecule is COc1cccc([C@@H](C)NC2CCOC2C)c1. The lowest BCUT2D eigenvalue weighted by molar-refractivity contribution is 0.111. The lowest BCUT2D eigenvalue weighted by Crippen LogP contribution is -2.36. The van der Waals surface area contributed by atoms with Gasteiger partial charge in [-0.25, -0.2) is 0 Å². The summed E-state index contributed by atoms with van der Waals surface area (Å²) in [6, 6.07) is 8.98. The van der Waals surface area contributed by atoms with Gasteiger partial charge in [0, 0.05) is 18.7 Å². The Balaban J connectivity index is 2.00. The molecule has 1 heterocycles. The first-order valence-corrected chi connectivity index (χ1v) is 6.22. The fourth-order valence-electron chi connectivity index (χ4n) is 2.28. The van der Waals surface area contributed by atoms with Gasteiger partial charge in [0.15, 0.2) is 0 Å². The number of benzene rings is 1. The minimum Gasteiger partial charge on any atom is -0.497 e. The average molecular weight is 235 g/mol. The zero-order valence-electron chi connectivity index (χ0n) is 10.8. The van der Waals surface area contributed by atoms with E-state index < -0.39 is 0 Å². The van der Waals surface area contributed by atoms with Gasteiger partial charge in [0.1, 0.15) is 5.75 Å². The van der Waals surface area contributed by atoms with Crippen LogP contribution in [0.2, 0.25) is 0 Å². The molecule has 0 aliphatic carbocycles. The van der Waals surface area contributed by atoms with Crippen molar-refractivity contribution < 1.29 is 9.47 Å². The van der Waals surface area contributed by atoms with Crippen molar-refractivity contribution in [1.82, 2.24) is 5.32 Å². The molecule has 1 N–H and O–H groups in total. The summed E-state index contributed by atoms with van der Waals surface area (Å²) in [5.41, 5.74) is 1.25. The standard InChI is InChI=1S/C14H21NO2/c1-10(15-14-7-8-17-11(14)2)12-5-4-6-13(9-12)16-3/h4-6,9-11,14-15H,7-8H2,1-3H3/t10-,11?,14?/m1/s1. The monoisotopic (exact) mass is 235 g/mol. The van der Waals surface area contributed by atoms with Gasteiger partial charge in [-0.2, -0.15) is 0 Å². The molecule has 0 spiro atoms. The van der Waals surface area contributed by atoms with Crippen molar-refractivity contribution >= 4 is 0 Å². The maximum absolute atomic E-state index is 5.56. The summed E-state index contributed by atoms with van der Waals surface area (Å²) in [5.74, 6) is 0.909. The number of rotatable bonds is 4. The largest absolute Gasteiger partial charge is 0.497 e. The Morgan fingerprint density at radius 2 is 2.29 bits per heavy atom. The van der Waals surface area contributed by atoms with Gasteiger partial charge < -0.3 is 14.8 Å². The van der Waals surface area contributed by atoms with Crippen LogP contribution in [0.3, 0.4) is 0 Å². The van der Waals surface area contributed by atoms with E-state index in [4.69, 9.17) is 9.47 Å². The van der Waals surface area contributed by atoms with Gasteiger partial charge in [0.2, 0.25) is 0 Å². The summed E-state index contributed by atoms with van der Waals surface area (Å²) < 4.78 is 10.8. The van der Waals surface area contributed by atoms with Gasteiger partial charge in [0.05, 0.1) is 13.2 Å². The molecule has 3 atom stereocenters. The van der Waals surface area contributed by atoms with Crippen LogP contribution in [0.15, 0.2) is 24.3 Å². The molecule has 0 radical (unpaired) electrons. The topological polar surface area (TPSA) is 30.5 Å². The number of methoxy groups -OCH3 is 1. The highest BCUT2D eigenvalue weighted by Crippen LogP contribution is 2.22. The van der Waals surface area contributed by atoms with E-state index >= 15 is 0 Å². The Morgan fingerprint density at radius 3 is 2.94 bits per heavy atom. The molecular weight excluding hydrogens is 214 g/mol. The fourth-order valence-corrected chi connectivity index (χ4v) is 2.28. The minimum atomic E-state index is 0.308. The quantitative estimate of drug-likeness (QED) is 0.870. The normalized spacial score (nSPS) is 25.8. The Hall–Kier alpha value is -1.06. The van der Waals surface area contributed by atoms with E-state index in [0.717, 1.165) is 18.8 Å². The summed E-state index contributed by atoms with van der Waals surface area (Å²) in [6.45, 7) is 5.17. The molecule has 1 saturated heterocycles. The van der Waals surface area contributed by atoms with Gasteiger partial charge in [-0.1, -0.05) is 12.1 Å². The number of hydrogen-bond donors (Lipinski definition) is 1. The highest BCUT2D eigenvalue weighted by atomic mass is 16.5. The van der Waals surface area contributed by atoms with E-state index in [9.17, 15) is 0 Å². The van der Waals surface area contributed by atoms with E-state index in [1.54, 1.807) is 7.11 Å². The Bertz CT molecular complexity index is 367. The van der Waals surface area contributed by atoms with Crippen LogP contribution in [0.1, 0.15) is 31.9 Å². The summed E-state index contributed by atoms with van der Waals surface area (Å²) in [6.07, 6.45) is 1.40. The third kappa shape index (κ3) is 2.99. The summed E-state index contributed by atoms with van der Waals surface area (Å²) in [7, 11) is 1.70. The first-order chi connectivity index (χ1) is 8.20. The molecule has 3 nitrogen and oxygen atoms in total. The third-order valence-corrected chi connectivity index (χ3v) is 3.43. The van der Waals surface area contributed by atoms with E-state index in [2.05, 4.69) is 31.3 Å². The van der Waals surface area contributed by atoms with Crippen molar-refractivity contribution in [2.75, 3.05) is 13.7 Å². The van der Waals surface area contributed by atoms with Crippen molar-refractivity contribution in [2.24, 2.45) is 0 Å². The van der Waals surface area contributed by atoms with Crippen LogP contribution >= 0.6 is 0 Å². The second-order valence-corrected chi connectivity index (χ2v) is 4.64. The second-order valence-electron chi connectivity index (χ2n) is 4.64. The summed E-state index contributed by atoms with van der Waals surface area (Å²) >= 11 is 0. The number of ether oxygens (including phenoxy) is 2. The van der Waals surface area contributed by atoms with Gasteiger partial charge >= 0.3 is 0 Å². The van der Waals surface area contributed by atoms with Crippen molar-refractivity contribution in [1.29, 1.82) is 0 Å². The maximum atomic E-state index is 5.56. The maximum Gasteiger partial charge on any atom is 0.119 e. The van der Waals surface area contributed by atoms with E-state index in [1.165, 1.54) is 5.56 Å². The van der Waals surface area contributed by atoms with Crippen molar-refractivity contribution in [3.05, 3.63) is 29.8 Å². The van der Waals surface area contributed by atoms with Crippen LogP contribution in [0.25, 0.3) is 0 Å². The highest BCUT2D eigenvalue weighted by molar-refractivity contribution is 5.30. The van der Waals surface area contributed by atoms with Crippen LogP contribution in [0.4, 0.5) is 0 Å². The smallest absolute Gasteiger partial charge is 0.119 e. The second kappa shape index (κ2) is 5.52. The van der Waals surface area contributed by atoms with Crippen LogP contribution < -0.4 is 10.1 Å². The van der Waals surface area contributed by atoms with Crippen LogP contribution in [0, 0.1) is 0 Å². The molecular formula is C14H21NO2. The lowest BCUT2D eigenvalue weighted by Gasteiger charge is -2.22. The molecule has 1 aliphatic rings. The first kappa shape index (κ1) is 12.4. The molecule has 3 heteroatoms. The highest BCUT2D eigenvalue weighted by Gasteiger charge is 2.25. The molecule has 1 aliphatic heterocycles. The molecule has 0 saturated carbocycles. The van der Waals surface area contributed by atoms with Crippen molar-refractivity contribution in [2.45, 2.75) is 38.5 Å². The lowest BCUT2D eigenvalue weighted by atomic mass is 10.1. The Morgan fingerprint density at radius 1 is 1.47 bits per heavy atom. The van der Waals surface area contributed by atoms with E-state index in [-0.39, 0.29) is 0 Å². The summed E-state index contributed by atoms with van der Waals surface area (Å²) in [5, 5.41) is 3.62. The molecule has 2 rings (SSSR count). The van der Waals surface area contributed by atoms with Gasteiger partial charge in [-0.15, -0.1) is 0 Å². The Labute approximate surface area is 103 Å². The molecule has 94 valence electrons. The summed E-state index contributed by atoms with van der Waals surface area (Å²) in [4.78, 5) is 0. The molecule has 2 unspecified atom stereocenters. The zero-order valence-corrected chi connectivity index (χ0v) is 10.8. The molecule has 17 heavy (non-hydrogen) atoms. The Kier molecular flexibility index (Phi) is 4.02. The average Bonchev–Trinajstić information content (AvgIpc) is 2.75. The zero-order chi connectivity index (χ0) is 12.3. The number of nitrogens with one attached hydrogen (secondary N) is 1. The molecule has 0 aromatic heterocycles. The van der Waals surface area contributed by atoms with Crippen LogP contribution in [0.5, 0.6) is 5.75 Å². The van der Waals surface area contributed by atoms with Gasteiger partial charge in [-0.05, 0) is 38.0 Å². The molecule has 1 aromatic rings. The molecule has 0 amide bonds. The molecule has 1 aromatic carbocycles. The van der Waals surface area contributed by atoms with Crippen LogP contribution in [-0.4, -0.2) is 25.9 Å². The predicted octanol–water partition coefficient (Wildman–Crippen LogP) is 2.52. The molecule has 0 bridgehead atoms. The van der Waals surface area contributed by atoms with Crippen LogP contribution in [-0.2, 0) is 4.74 Å². The predicted molar refractivity (Wildman–Crippen MR) is 68.4 cm³/mol. The molecule has 1 fully saturated rings. The van der Waals surface area contributed by atoms with E-state index in [1.807, 2.05) is 12.1 Å². The fraction of sp³-hybridized carbons (Fsp3) is 0.571. The van der Waals surface area contributed by atoms with Gasteiger partial charge in [-0.3, -0.25) is 0 Å². The third-order valence-electron chi connectivity index (χ3n) is 3.43. The first-order valence-electron chi connectivity index (χ1n) is 6.22. The van der Waals surface area contributed by atoms with Crippen molar-refractivity contribution in [3.63, 3.8) is 0 Å². The van der Waals surface area contributed by atoms with Crippen molar-refractivity contribution in [3.8, 4) is 5.75 Å². The minimum absolute atomic E-state index is 0.308. The number of hydrogen-bond acceptors (Lipinski definition) is 3. The van der Waals surface area contributed by atoms with Gasteiger partial charge in [0.25, 0.3) is 0 Å². The van der Waals surface area contributed by atoms with E-state index in [0.29, 0.717) is 18.2 Å².